The van der Waals surface area contributed by atoms with E-state index in [0.717, 1.165) is 48.5 Å². The van der Waals surface area contributed by atoms with Crippen molar-refractivity contribution in [2.45, 2.75) is 44.8 Å². The lowest BCUT2D eigenvalue weighted by molar-refractivity contribution is -0.141. The zero-order valence-electron chi connectivity index (χ0n) is 42.9. The number of carbonyl (C=O) groups is 3. The molecule has 2 atom stereocenters. The summed E-state index contributed by atoms with van der Waals surface area (Å²) < 4.78 is 161. The third kappa shape index (κ3) is 18.1. The molecule has 0 saturated carbocycles. The second-order valence-corrected chi connectivity index (χ2v) is 17.4. The number of aliphatic hydroxyl groups is 2. The van der Waals surface area contributed by atoms with E-state index in [1.54, 1.807) is 50.2 Å². The Bertz CT molecular complexity index is 3430. The summed E-state index contributed by atoms with van der Waals surface area (Å²) in [6.45, 7) is 2.07. The Labute approximate surface area is 460 Å². The Morgan fingerprint density at radius 2 is 0.963 bits per heavy atom. The number of aliphatic hydroxyl groups excluding tert-OH is 2. The van der Waals surface area contributed by atoms with Gasteiger partial charge in [-0.05, 0) is 106 Å². The first kappa shape index (κ1) is 66.1. The highest BCUT2D eigenvalue weighted by atomic mass is 19.4. The largest absolute Gasteiger partial charge is 0.491 e. The van der Waals surface area contributed by atoms with Crippen molar-refractivity contribution in [2.24, 2.45) is 5.73 Å². The Morgan fingerprint density at radius 1 is 0.549 bits per heavy atom. The van der Waals surface area contributed by atoms with Gasteiger partial charge in [-0.1, -0.05) is 109 Å². The van der Waals surface area contributed by atoms with Gasteiger partial charge in [-0.3, -0.25) is 19.7 Å². The van der Waals surface area contributed by atoms with E-state index in [1.807, 2.05) is 0 Å². The average molecular weight is 1160 g/mol. The number of benzene rings is 7. The fraction of sp³-hybridized carbons (Fsp3) is 0.155. The van der Waals surface area contributed by atoms with Crippen LogP contribution in [0.25, 0.3) is 46.6 Å². The smallest absolute Gasteiger partial charge is 0.480 e. The zero-order valence-corrected chi connectivity index (χ0v) is 42.9. The van der Waals surface area contributed by atoms with Crippen molar-refractivity contribution < 1.29 is 97.5 Å². The quantitative estimate of drug-likeness (QED) is 0.0210. The van der Waals surface area contributed by atoms with Crippen molar-refractivity contribution in [1.29, 1.82) is 0 Å². The zero-order chi connectivity index (χ0) is 61.2. The van der Waals surface area contributed by atoms with E-state index in [2.05, 4.69) is 5.32 Å². The molecule has 0 aliphatic rings. The molecule has 82 heavy (non-hydrogen) atoms. The van der Waals surface area contributed by atoms with Gasteiger partial charge in [-0.2, -0.15) is 26.3 Å². The fourth-order valence-electron chi connectivity index (χ4n) is 7.47. The van der Waals surface area contributed by atoms with Crippen LogP contribution in [0.3, 0.4) is 0 Å². The SMILES string of the molecule is Cc1c(/C=C/c2cc(C=O)ccc2C(F)(F)F)cccc1-c1cccc(F)c1F.Cc1c(/C=C/c2cc(CNC(CO)C(=O)O)ccc2C(F)(F)F)cccc1-c1cccc(F)c1F.NC(CO)C(=O)O.OB(O)c1cccc(F)c1F. The summed E-state index contributed by atoms with van der Waals surface area (Å²) in [5, 5.41) is 53.5. The first-order chi connectivity index (χ1) is 38.5. The summed E-state index contributed by atoms with van der Waals surface area (Å²) in [5.41, 5.74) is 5.84. The number of aldehydes is 1. The van der Waals surface area contributed by atoms with Gasteiger partial charge in [0, 0.05) is 28.7 Å². The number of halogens is 12. The monoisotopic (exact) mass is 1160 g/mol. The van der Waals surface area contributed by atoms with E-state index in [-0.39, 0.29) is 34.4 Å². The van der Waals surface area contributed by atoms with Crippen LogP contribution in [-0.4, -0.2) is 81.1 Å². The maximum Gasteiger partial charge on any atom is 0.491 e. The maximum atomic E-state index is 14.3. The molecule has 7 aromatic rings. The number of hydrogen-bond acceptors (Lipinski definition) is 9. The molecular weight excluding hydrogens is 1110 g/mol. The predicted molar refractivity (Wildman–Crippen MR) is 283 cm³/mol. The molecule has 0 heterocycles. The van der Waals surface area contributed by atoms with Crippen molar-refractivity contribution >= 4 is 55.1 Å². The number of carbonyl (C=O) groups excluding carboxylic acids is 1. The van der Waals surface area contributed by atoms with Gasteiger partial charge in [-0.25, -0.2) is 26.3 Å². The molecule has 0 radical (unpaired) electrons. The number of rotatable bonds is 15. The minimum absolute atomic E-state index is 0.0404. The lowest BCUT2D eigenvalue weighted by Crippen LogP contribution is -2.39. The van der Waals surface area contributed by atoms with Gasteiger partial charge in [-0.15, -0.1) is 0 Å². The van der Waals surface area contributed by atoms with Crippen LogP contribution in [0.15, 0.2) is 127 Å². The summed E-state index contributed by atoms with van der Waals surface area (Å²) in [5.74, 6) is -8.77. The molecule has 0 aliphatic carbocycles. The highest BCUT2D eigenvalue weighted by Gasteiger charge is 2.34. The molecule has 0 aromatic heterocycles. The molecule has 0 aliphatic heterocycles. The highest BCUT2D eigenvalue weighted by Crippen LogP contribution is 2.37. The van der Waals surface area contributed by atoms with Crippen LogP contribution >= 0.6 is 0 Å². The molecule has 9 N–H and O–H groups in total. The molecule has 2 unspecified atom stereocenters. The molecule has 0 spiro atoms. The van der Waals surface area contributed by atoms with Gasteiger partial charge in [0.25, 0.3) is 0 Å². The van der Waals surface area contributed by atoms with E-state index < -0.39 is 108 Å². The van der Waals surface area contributed by atoms with Crippen LogP contribution in [-0.2, 0) is 28.5 Å². The predicted octanol–water partition coefficient (Wildman–Crippen LogP) is 10.6. The standard InChI is InChI=1S/C26H22F5NO3.C23H15F5O.C6H5BF2O2.C3H7NO3/c1-15-17(4-2-5-19(15)20-6-3-7-22(27)24(20)28)9-10-18-12-16(8-11-21(18)26(29,30)31)13-32-23(14-33)25(34)35;1-14-16(4-2-5-18(14)19-6-3-7-21(24)22(19)25)9-10-17-12-15(13-29)8-11-20(17)23(26,27)28;8-5-3-1-2-4(6(5)9)7(10)11;4-2(1-5)3(6)7/h2-12,23,32-33H,13-14H2,1H3,(H,34,35);2-13H,1H3;1-3,10-11H;2,5H,1,4H2,(H,6,7)/b2*10-9+;;. The molecule has 0 fully saturated rings. The Kier molecular flexibility index (Phi) is 24.1. The molecular formula is C58H49BF12N2O9. The summed E-state index contributed by atoms with van der Waals surface area (Å²) in [7, 11) is -1.97. The van der Waals surface area contributed by atoms with Crippen molar-refractivity contribution in [3.05, 3.63) is 218 Å². The average Bonchev–Trinajstić information content (AvgIpc) is 3.46. The minimum atomic E-state index is -4.64. The number of nitrogens with two attached hydrogens (primary N) is 1. The Hall–Kier alpha value is -8.39. The Balaban J connectivity index is 0.000000273. The van der Waals surface area contributed by atoms with E-state index in [0.29, 0.717) is 45.2 Å². The molecule has 0 bridgehead atoms. The molecule has 7 aromatic carbocycles. The first-order valence-corrected chi connectivity index (χ1v) is 23.8. The lowest BCUT2D eigenvalue weighted by atomic mass is 9.80. The van der Waals surface area contributed by atoms with Crippen LogP contribution in [0.5, 0.6) is 0 Å². The summed E-state index contributed by atoms with van der Waals surface area (Å²) >= 11 is 0. The maximum absolute atomic E-state index is 14.3. The first-order valence-electron chi connectivity index (χ1n) is 23.8. The number of alkyl halides is 6. The second-order valence-electron chi connectivity index (χ2n) is 17.4. The molecule has 0 saturated heterocycles. The Morgan fingerprint density at radius 3 is 1.35 bits per heavy atom. The van der Waals surface area contributed by atoms with Crippen LogP contribution in [0, 0.1) is 48.8 Å². The third-order valence-electron chi connectivity index (χ3n) is 11.9. The normalized spacial score (nSPS) is 12.1. The summed E-state index contributed by atoms with van der Waals surface area (Å²) in [6, 6.07) is 24.7. The number of carboxylic acids is 2. The van der Waals surface area contributed by atoms with Crippen molar-refractivity contribution in [3.8, 4) is 22.3 Å². The molecule has 432 valence electrons. The van der Waals surface area contributed by atoms with Gasteiger partial charge in [0.1, 0.15) is 18.4 Å². The van der Waals surface area contributed by atoms with E-state index in [1.165, 1.54) is 66.8 Å². The summed E-state index contributed by atoms with van der Waals surface area (Å²) in [4.78, 5) is 31.6. The number of hydrogen-bond donors (Lipinski definition) is 8. The fourth-order valence-corrected chi connectivity index (χ4v) is 7.47. The topological polar surface area (TPSA) is 211 Å². The highest BCUT2D eigenvalue weighted by molar-refractivity contribution is 6.58. The minimum Gasteiger partial charge on any atom is -0.480 e. The van der Waals surface area contributed by atoms with Crippen LogP contribution in [0.1, 0.15) is 60.4 Å². The van der Waals surface area contributed by atoms with Gasteiger partial charge in [0.2, 0.25) is 0 Å². The molecule has 7 rings (SSSR count). The number of aliphatic carboxylic acids is 2. The van der Waals surface area contributed by atoms with Gasteiger partial charge in [0.05, 0.1) is 24.3 Å². The lowest BCUT2D eigenvalue weighted by Gasteiger charge is -2.15. The van der Waals surface area contributed by atoms with E-state index >= 15 is 0 Å². The van der Waals surface area contributed by atoms with Gasteiger partial charge < -0.3 is 36.2 Å². The van der Waals surface area contributed by atoms with Crippen LogP contribution in [0.2, 0.25) is 0 Å². The number of nitrogens with one attached hydrogen (secondary N) is 1. The number of carboxylic acid groups (broad SMARTS) is 2. The molecule has 24 heteroatoms. The second kappa shape index (κ2) is 29.9. The van der Waals surface area contributed by atoms with E-state index in [9.17, 15) is 67.1 Å². The van der Waals surface area contributed by atoms with Crippen LogP contribution in [0.4, 0.5) is 52.7 Å². The third-order valence-corrected chi connectivity index (χ3v) is 11.9. The van der Waals surface area contributed by atoms with Crippen molar-refractivity contribution in [1.82, 2.24) is 5.32 Å². The summed E-state index contributed by atoms with van der Waals surface area (Å²) in [6.07, 6.45) is -3.33. The van der Waals surface area contributed by atoms with Crippen molar-refractivity contribution in [2.75, 3.05) is 13.2 Å². The molecule has 0 amide bonds. The van der Waals surface area contributed by atoms with Gasteiger partial charge in [0.15, 0.2) is 34.9 Å². The molecule has 11 nitrogen and oxygen atoms in total. The van der Waals surface area contributed by atoms with Crippen LogP contribution < -0.4 is 16.5 Å². The van der Waals surface area contributed by atoms with E-state index in [4.69, 9.17) is 36.2 Å². The van der Waals surface area contributed by atoms with Gasteiger partial charge >= 0.3 is 31.4 Å². The van der Waals surface area contributed by atoms with Crippen molar-refractivity contribution in [3.63, 3.8) is 0 Å².